The van der Waals surface area contributed by atoms with Crippen molar-refractivity contribution in [3.05, 3.63) is 266 Å². The van der Waals surface area contributed by atoms with Crippen molar-refractivity contribution in [3.8, 4) is 39.1 Å². The van der Waals surface area contributed by atoms with Crippen LogP contribution in [0, 0.1) is 0 Å². The molecule has 0 bridgehead atoms. The number of fused-ring (bicyclic) bond motifs is 5. The van der Waals surface area contributed by atoms with Gasteiger partial charge in [0.25, 0.3) is 0 Å². The average Bonchev–Trinajstić information content (AvgIpc) is 3.71. The van der Waals surface area contributed by atoms with Crippen LogP contribution in [0.2, 0.25) is 0 Å². The molecule has 0 radical (unpaired) electrons. The molecule has 11 aromatic carbocycles. The van der Waals surface area contributed by atoms with Gasteiger partial charge in [-0.1, -0.05) is 182 Å². The van der Waals surface area contributed by atoms with Crippen LogP contribution >= 0.6 is 0 Å². The van der Waals surface area contributed by atoms with Gasteiger partial charge in [-0.3, -0.25) is 0 Å². The molecule has 66 heavy (non-hydrogen) atoms. The number of anilines is 3. The van der Waals surface area contributed by atoms with Crippen LogP contribution in [0.25, 0.3) is 94.6 Å². The molecular weight excluding hydrogens is 797 g/mol. The number of para-hydroxylation sites is 3. The molecule has 310 valence electrons. The number of aromatic nitrogens is 1. The zero-order valence-electron chi connectivity index (χ0n) is 36.3. The lowest BCUT2D eigenvalue weighted by atomic mass is 9.90. The van der Waals surface area contributed by atoms with Gasteiger partial charge in [-0.2, -0.15) is 0 Å². The smallest absolute Gasteiger partial charge is 0.0561 e. The third kappa shape index (κ3) is 7.31. The van der Waals surface area contributed by atoms with Gasteiger partial charge in [-0.05, 0) is 151 Å². The Balaban J connectivity index is 0.872. The topological polar surface area (TPSA) is 8.17 Å². The second-order valence-corrected chi connectivity index (χ2v) is 17.0. The zero-order chi connectivity index (χ0) is 43.8. The highest BCUT2D eigenvalue weighted by molar-refractivity contribution is 6.11. The summed E-state index contributed by atoms with van der Waals surface area (Å²) in [5.74, 6) is 0. The van der Waals surface area contributed by atoms with Crippen LogP contribution in [0.3, 0.4) is 0 Å². The first-order chi connectivity index (χ1) is 32.7. The molecule has 2 heteroatoms. The fraction of sp³-hybridized carbons (Fsp3) is 0. The van der Waals surface area contributed by atoms with Crippen molar-refractivity contribution in [2.24, 2.45) is 0 Å². The van der Waals surface area contributed by atoms with Crippen molar-refractivity contribution in [1.29, 1.82) is 0 Å². The molecule has 2 nitrogen and oxygen atoms in total. The molecule has 12 aromatic rings. The van der Waals surface area contributed by atoms with E-state index in [-0.39, 0.29) is 0 Å². The number of hydrogen-bond donors (Lipinski definition) is 0. The minimum atomic E-state index is 1.11. The van der Waals surface area contributed by atoms with E-state index in [4.69, 9.17) is 0 Å². The minimum Gasteiger partial charge on any atom is -0.310 e. The standard InChI is InChI=1S/C64H44N2/c1-6-16-47(17-7-1)61-42-53-34-33-52(41-54(53)43-62(61)48-18-8-2-9-19-48)51-32-31-49-38-45(28-30-50(49)40-51)26-27-46-29-36-59-60-37-35-58(44-64(60)66(63(59)39-46)57-24-14-5-15-25-57)65(55-20-10-3-11-21-55)56-22-12-4-13-23-56/h1-44H. The fourth-order valence-electron chi connectivity index (χ4n) is 9.65. The second-order valence-electron chi connectivity index (χ2n) is 17.0. The van der Waals surface area contributed by atoms with E-state index >= 15 is 0 Å². The van der Waals surface area contributed by atoms with Crippen molar-refractivity contribution >= 4 is 72.6 Å². The Morgan fingerprint density at radius 3 is 1.33 bits per heavy atom. The maximum Gasteiger partial charge on any atom is 0.0561 e. The fourth-order valence-corrected chi connectivity index (χ4v) is 9.65. The predicted molar refractivity (Wildman–Crippen MR) is 282 cm³/mol. The van der Waals surface area contributed by atoms with E-state index in [0.717, 1.165) is 28.3 Å². The van der Waals surface area contributed by atoms with Crippen LogP contribution < -0.4 is 4.90 Å². The van der Waals surface area contributed by atoms with Crippen LogP contribution in [0.1, 0.15) is 11.1 Å². The lowest BCUT2D eigenvalue weighted by Crippen LogP contribution is -2.09. The van der Waals surface area contributed by atoms with Crippen LogP contribution in [-0.2, 0) is 0 Å². The second kappa shape index (κ2) is 16.8. The third-order valence-electron chi connectivity index (χ3n) is 12.9. The number of benzene rings is 11. The maximum atomic E-state index is 2.41. The molecule has 1 heterocycles. The van der Waals surface area contributed by atoms with Crippen LogP contribution in [0.4, 0.5) is 17.1 Å². The van der Waals surface area contributed by atoms with Gasteiger partial charge in [-0.15, -0.1) is 0 Å². The van der Waals surface area contributed by atoms with Crippen molar-refractivity contribution in [3.63, 3.8) is 0 Å². The Morgan fingerprint density at radius 2 is 0.727 bits per heavy atom. The Bertz CT molecular complexity index is 3680. The van der Waals surface area contributed by atoms with Gasteiger partial charge in [0.1, 0.15) is 0 Å². The van der Waals surface area contributed by atoms with E-state index in [1.165, 1.54) is 82.3 Å². The zero-order valence-corrected chi connectivity index (χ0v) is 36.3. The molecule has 0 saturated carbocycles. The molecule has 0 amide bonds. The van der Waals surface area contributed by atoms with Gasteiger partial charge in [0.15, 0.2) is 0 Å². The molecule has 0 atom stereocenters. The summed E-state index contributed by atoms with van der Waals surface area (Å²) in [6.45, 7) is 0. The number of rotatable bonds is 9. The first-order valence-corrected chi connectivity index (χ1v) is 22.7. The summed E-state index contributed by atoms with van der Waals surface area (Å²) in [6.07, 6.45) is 4.47. The molecule has 0 aliphatic heterocycles. The van der Waals surface area contributed by atoms with Crippen molar-refractivity contribution in [2.75, 3.05) is 4.90 Å². The van der Waals surface area contributed by atoms with Gasteiger partial charge in [0, 0.05) is 33.5 Å². The largest absolute Gasteiger partial charge is 0.310 e. The van der Waals surface area contributed by atoms with Gasteiger partial charge in [0.2, 0.25) is 0 Å². The monoisotopic (exact) mass is 840 g/mol. The van der Waals surface area contributed by atoms with E-state index in [9.17, 15) is 0 Å². The van der Waals surface area contributed by atoms with E-state index < -0.39 is 0 Å². The summed E-state index contributed by atoms with van der Waals surface area (Å²) in [4.78, 5) is 2.33. The van der Waals surface area contributed by atoms with Crippen LogP contribution in [0.15, 0.2) is 255 Å². The summed E-state index contributed by atoms with van der Waals surface area (Å²) in [6, 6.07) is 92.3. The first-order valence-electron chi connectivity index (χ1n) is 22.7. The Labute approximate surface area is 385 Å². The van der Waals surface area contributed by atoms with E-state index in [1.807, 2.05) is 0 Å². The van der Waals surface area contributed by atoms with Crippen LogP contribution in [0.5, 0.6) is 0 Å². The molecule has 0 N–H and O–H groups in total. The normalized spacial score (nSPS) is 11.6. The molecule has 1 aromatic heterocycles. The summed E-state index contributed by atoms with van der Waals surface area (Å²) in [5.41, 5.74) is 16.5. The van der Waals surface area contributed by atoms with Gasteiger partial charge >= 0.3 is 0 Å². The Kier molecular flexibility index (Phi) is 9.89. The quantitative estimate of drug-likeness (QED) is 0.131. The molecule has 0 fully saturated rings. The molecular formula is C64H44N2. The van der Waals surface area contributed by atoms with E-state index in [2.05, 4.69) is 276 Å². The first kappa shape index (κ1) is 38.9. The SMILES string of the molecule is C(=Cc1ccc2c3ccc(N(c4ccccc4)c4ccccc4)cc3n(-c3ccccc3)c2c1)c1ccc2cc(-c3ccc4cc(-c5ccccc5)c(-c5ccccc5)cc4c3)ccc2c1. The van der Waals surface area contributed by atoms with Crippen LogP contribution in [-0.4, -0.2) is 4.57 Å². The summed E-state index contributed by atoms with van der Waals surface area (Å²) in [5, 5.41) is 7.36. The maximum absolute atomic E-state index is 2.41. The molecule has 0 aliphatic rings. The predicted octanol–water partition coefficient (Wildman–Crippen LogP) is 17.7. The van der Waals surface area contributed by atoms with Crippen molar-refractivity contribution in [1.82, 2.24) is 4.57 Å². The third-order valence-corrected chi connectivity index (χ3v) is 12.9. The molecule has 0 unspecified atom stereocenters. The Morgan fingerprint density at radius 1 is 0.288 bits per heavy atom. The number of hydrogen-bond acceptors (Lipinski definition) is 1. The highest BCUT2D eigenvalue weighted by atomic mass is 15.1. The highest BCUT2D eigenvalue weighted by Gasteiger charge is 2.18. The molecule has 0 aliphatic carbocycles. The Hall–Kier alpha value is -8.72. The van der Waals surface area contributed by atoms with E-state index in [0.29, 0.717) is 0 Å². The van der Waals surface area contributed by atoms with Crippen molar-refractivity contribution in [2.45, 2.75) is 0 Å². The summed E-state index contributed by atoms with van der Waals surface area (Å²) < 4.78 is 2.41. The highest BCUT2D eigenvalue weighted by Crippen LogP contribution is 2.41. The molecule has 0 spiro atoms. The van der Waals surface area contributed by atoms with Gasteiger partial charge in [-0.25, -0.2) is 0 Å². The summed E-state index contributed by atoms with van der Waals surface area (Å²) >= 11 is 0. The number of nitrogens with zero attached hydrogens (tertiary/aromatic N) is 2. The van der Waals surface area contributed by atoms with Crippen molar-refractivity contribution < 1.29 is 0 Å². The molecule has 0 saturated heterocycles. The minimum absolute atomic E-state index is 1.11. The van der Waals surface area contributed by atoms with E-state index in [1.54, 1.807) is 0 Å². The average molecular weight is 841 g/mol. The molecule has 12 rings (SSSR count). The lowest BCUT2D eigenvalue weighted by molar-refractivity contribution is 1.18. The van der Waals surface area contributed by atoms with Gasteiger partial charge < -0.3 is 9.47 Å². The summed E-state index contributed by atoms with van der Waals surface area (Å²) in [7, 11) is 0. The van der Waals surface area contributed by atoms with Gasteiger partial charge in [0.05, 0.1) is 11.0 Å². The lowest BCUT2D eigenvalue weighted by Gasteiger charge is -2.25.